The van der Waals surface area contributed by atoms with Crippen LogP contribution in [0, 0.1) is 0 Å². The fourth-order valence-electron chi connectivity index (χ4n) is 1.24. The van der Waals surface area contributed by atoms with Gasteiger partial charge >= 0.3 is 0 Å². The summed E-state index contributed by atoms with van der Waals surface area (Å²) in [5.74, 6) is 1.88. The van der Waals surface area contributed by atoms with Crippen LogP contribution in [-0.2, 0) is 0 Å². The average molecular weight is 303 g/mol. The molecule has 0 aliphatic heterocycles. The first kappa shape index (κ1) is 11.6. The molecule has 0 aliphatic rings. The van der Waals surface area contributed by atoms with Gasteiger partial charge in [-0.2, -0.15) is 0 Å². The molecule has 0 aliphatic carbocycles. The zero-order chi connectivity index (χ0) is 11.5. The normalized spacial score (nSPS) is 12.7. The van der Waals surface area contributed by atoms with Gasteiger partial charge < -0.3 is 9.15 Å². The van der Waals surface area contributed by atoms with Crippen molar-refractivity contribution < 1.29 is 9.15 Å². The summed E-state index contributed by atoms with van der Waals surface area (Å²) in [7, 11) is 1.63. The Morgan fingerprint density at radius 1 is 1.56 bits per heavy atom. The largest absolute Gasteiger partial charge is 0.495 e. The van der Waals surface area contributed by atoms with Gasteiger partial charge in [0.1, 0.15) is 10.6 Å². The van der Waals surface area contributed by atoms with Crippen LogP contribution in [0.25, 0.3) is 10.8 Å². The molecule has 16 heavy (non-hydrogen) atoms. The standard InChI is InChI=1S/C10H11BrN2O2S/c1-3-6(11)9-12-13-10(15-9)8-7(14-2)4-5-16-8/h4-6H,3H2,1-2H3. The second-order valence-corrected chi connectivity index (χ2v) is 5.16. The van der Waals surface area contributed by atoms with Crippen LogP contribution in [0.3, 0.4) is 0 Å². The highest BCUT2D eigenvalue weighted by atomic mass is 79.9. The maximum Gasteiger partial charge on any atom is 0.261 e. The Kier molecular flexibility index (Phi) is 3.60. The fourth-order valence-corrected chi connectivity index (χ4v) is 2.21. The average Bonchev–Trinajstić information content (AvgIpc) is 2.95. The predicted molar refractivity (Wildman–Crippen MR) is 66.1 cm³/mol. The smallest absolute Gasteiger partial charge is 0.261 e. The molecule has 1 atom stereocenters. The monoisotopic (exact) mass is 302 g/mol. The maximum absolute atomic E-state index is 5.58. The topological polar surface area (TPSA) is 48.2 Å². The molecule has 86 valence electrons. The van der Waals surface area contributed by atoms with Crippen LogP contribution < -0.4 is 4.74 Å². The van der Waals surface area contributed by atoms with Crippen molar-refractivity contribution in [1.82, 2.24) is 10.2 Å². The maximum atomic E-state index is 5.58. The molecule has 1 unspecified atom stereocenters. The van der Waals surface area contributed by atoms with Crippen molar-refractivity contribution in [3.8, 4) is 16.5 Å². The van der Waals surface area contributed by atoms with Gasteiger partial charge in [0.25, 0.3) is 5.89 Å². The zero-order valence-electron chi connectivity index (χ0n) is 8.94. The van der Waals surface area contributed by atoms with E-state index in [2.05, 4.69) is 33.1 Å². The van der Waals surface area contributed by atoms with Gasteiger partial charge in [0.05, 0.1) is 11.9 Å². The molecule has 0 spiro atoms. The van der Waals surface area contributed by atoms with E-state index in [4.69, 9.17) is 9.15 Å². The van der Waals surface area contributed by atoms with Gasteiger partial charge in [-0.1, -0.05) is 22.9 Å². The zero-order valence-corrected chi connectivity index (χ0v) is 11.3. The van der Waals surface area contributed by atoms with E-state index in [1.54, 1.807) is 7.11 Å². The number of hydrogen-bond acceptors (Lipinski definition) is 5. The van der Waals surface area contributed by atoms with Crippen molar-refractivity contribution in [3.05, 3.63) is 17.3 Å². The lowest BCUT2D eigenvalue weighted by molar-refractivity contribution is 0.415. The number of halogens is 1. The minimum Gasteiger partial charge on any atom is -0.495 e. The van der Waals surface area contributed by atoms with E-state index in [9.17, 15) is 0 Å². The van der Waals surface area contributed by atoms with Crippen LogP contribution in [0.15, 0.2) is 15.9 Å². The van der Waals surface area contributed by atoms with Gasteiger partial charge in [0.15, 0.2) is 0 Å². The minimum atomic E-state index is 0.111. The number of aromatic nitrogens is 2. The third kappa shape index (κ3) is 2.12. The van der Waals surface area contributed by atoms with Gasteiger partial charge in [0, 0.05) is 0 Å². The quantitative estimate of drug-likeness (QED) is 0.809. The Bertz CT molecular complexity index is 469. The molecule has 2 heterocycles. The van der Waals surface area contributed by atoms with E-state index in [0.717, 1.165) is 17.0 Å². The van der Waals surface area contributed by atoms with E-state index in [-0.39, 0.29) is 4.83 Å². The Morgan fingerprint density at radius 3 is 3.06 bits per heavy atom. The fraction of sp³-hybridized carbons (Fsp3) is 0.400. The highest BCUT2D eigenvalue weighted by molar-refractivity contribution is 9.09. The Morgan fingerprint density at radius 2 is 2.38 bits per heavy atom. The van der Waals surface area contributed by atoms with Gasteiger partial charge in [-0.3, -0.25) is 0 Å². The summed E-state index contributed by atoms with van der Waals surface area (Å²) < 4.78 is 10.8. The number of alkyl halides is 1. The molecule has 0 fully saturated rings. The van der Waals surface area contributed by atoms with Crippen molar-refractivity contribution in [1.29, 1.82) is 0 Å². The van der Waals surface area contributed by atoms with Crippen molar-refractivity contribution in [3.63, 3.8) is 0 Å². The molecule has 0 saturated carbocycles. The van der Waals surface area contributed by atoms with E-state index in [1.165, 1.54) is 11.3 Å². The molecule has 2 aromatic rings. The summed E-state index contributed by atoms with van der Waals surface area (Å²) in [6, 6.07) is 1.88. The molecule has 0 amide bonds. The number of ether oxygens (including phenoxy) is 1. The molecular weight excluding hydrogens is 292 g/mol. The molecule has 0 N–H and O–H groups in total. The molecular formula is C10H11BrN2O2S. The molecule has 4 nitrogen and oxygen atoms in total. The van der Waals surface area contributed by atoms with Gasteiger partial charge in [-0.15, -0.1) is 21.5 Å². The summed E-state index contributed by atoms with van der Waals surface area (Å²) >= 11 is 5.00. The number of nitrogens with zero attached hydrogens (tertiary/aromatic N) is 2. The number of thiophene rings is 1. The predicted octanol–water partition coefficient (Wildman–Crippen LogP) is 3.65. The van der Waals surface area contributed by atoms with Crippen molar-refractivity contribution >= 4 is 27.3 Å². The molecule has 2 aromatic heterocycles. The molecule has 6 heteroatoms. The summed E-state index contributed by atoms with van der Waals surface area (Å²) in [6.07, 6.45) is 0.906. The van der Waals surface area contributed by atoms with Crippen molar-refractivity contribution in [2.75, 3.05) is 7.11 Å². The second kappa shape index (κ2) is 4.97. The van der Waals surface area contributed by atoms with Crippen LogP contribution in [0.5, 0.6) is 5.75 Å². The summed E-state index contributed by atoms with van der Waals surface area (Å²) in [5.41, 5.74) is 0. The second-order valence-electron chi connectivity index (χ2n) is 3.14. The summed E-state index contributed by atoms with van der Waals surface area (Å²) in [4.78, 5) is 0.983. The molecule has 0 radical (unpaired) electrons. The summed E-state index contributed by atoms with van der Waals surface area (Å²) in [5, 5.41) is 9.96. The van der Waals surface area contributed by atoms with Crippen molar-refractivity contribution in [2.45, 2.75) is 18.2 Å². The van der Waals surface area contributed by atoms with Gasteiger partial charge in [-0.05, 0) is 17.9 Å². The lowest BCUT2D eigenvalue weighted by Crippen LogP contribution is -1.86. The highest BCUT2D eigenvalue weighted by Crippen LogP contribution is 2.36. The summed E-state index contributed by atoms with van der Waals surface area (Å²) in [6.45, 7) is 2.05. The number of methoxy groups -OCH3 is 1. The first-order valence-electron chi connectivity index (χ1n) is 4.85. The molecule has 0 aromatic carbocycles. The Hall–Kier alpha value is -0.880. The van der Waals surface area contributed by atoms with Crippen LogP contribution in [-0.4, -0.2) is 17.3 Å². The van der Waals surface area contributed by atoms with Crippen LogP contribution >= 0.6 is 27.3 Å². The first-order valence-corrected chi connectivity index (χ1v) is 6.65. The number of rotatable bonds is 4. The number of hydrogen-bond donors (Lipinski definition) is 0. The lowest BCUT2D eigenvalue weighted by atomic mass is 10.3. The Balaban J connectivity index is 2.31. The Labute approximate surface area is 106 Å². The molecule has 2 rings (SSSR count). The van der Waals surface area contributed by atoms with Gasteiger partial charge in [0.2, 0.25) is 5.89 Å². The van der Waals surface area contributed by atoms with Crippen molar-refractivity contribution in [2.24, 2.45) is 0 Å². The third-order valence-electron chi connectivity index (χ3n) is 2.11. The SMILES string of the molecule is CCC(Br)c1nnc(-c2sccc2OC)o1. The van der Waals surface area contributed by atoms with E-state index < -0.39 is 0 Å². The van der Waals surface area contributed by atoms with Crippen LogP contribution in [0.2, 0.25) is 0 Å². The lowest BCUT2D eigenvalue weighted by Gasteiger charge is -1.98. The van der Waals surface area contributed by atoms with Crippen LogP contribution in [0.1, 0.15) is 24.1 Å². The third-order valence-corrected chi connectivity index (χ3v) is 4.03. The van der Waals surface area contributed by atoms with E-state index in [0.29, 0.717) is 11.8 Å². The minimum absolute atomic E-state index is 0.111. The first-order chi connectivity index (χ1) is 7.76. The van der Waals surface area contributed by atoms with E-state index >= 15 is 0 Å². The molecule has 0 saturated heterocycles. The van der Waals surface area contributed by atoms with Gasteiger partial charge in [-0.25, -0.2) is 0 Å². The van der Waals surface area contributed by atoms with E-state index in [1.807, 2.05) is 11.4 Å². The highest BCUT2D eigenvalue weighted by Gasteiger charge is 2.18. The van der Waals surface area contributed by atoms with Crippen LogP contribution in [0.4, 0.5) is 0 Å². The molecule has 0 bridgehead atoms.